The summed E-state index contributed by atoms with van der Waals surface area (Å²) in [6, 6.07) is -2.41. The van der Waals surface area contributed by atoms with Crippen molar-refractivity contribution in [1.29, 1.82) is 0 Å². The van der Waals surface area contributed by atoms with Crippen molar-refractivity contribution in [1.82, 2.24) is 5.32 Å². The molecule has 7 N–H and O–H groups in total. The van der Waals surface area contributed by atoms with Crippen LogP contribution in [0.5, 0.6) is 0 Å². The molecule has 0 heterocycles. The maximum absolute atomic E-state index is 11.3. The van der Waals surface area contributed by atoms with E-state index in [9.17, 15) is 14.4 Å². The van der Waals surface area contributed by atoms with Gasteiger partial charge >= 0.3 is 5.97 Å². The molecular formula is C8H15N3O5. The summed E-state index contributed by atoms with van der Waals surface area (Å²) in [6.07, 6.45) is -0.498. The Labute approximate surface area is 91.6 Å². The number of carboxylic acids is 1. The molecule has 0 fully saturated rings. The summed E-state index contributed by atoms with van der Waals surface area (Å²) in [5.74, 6) is -2.83. The van der Waals surface area contributed by atoms with E-state index in [1.54, 1.807) is 0 Å². The molecule has 0 aliphatic rings. The highest BCUT2D eigenvalue weighted by molar-refractivity contribution is 5.90. The lowest BCUT2D eigenvalue weighted by molar-refractivity contribution is -0.142. The number of nitrogens with one attached hydrogen (secondary N) is 1. The van der Waals surface area contributed by atoms with Gasteiger partial charge in [0.2, 0.25) is 11.8 Å². The summed E-state index contributed by atoms with van der Waals surface area (Å²) in [6.45, 7) is -0.387. The summed E-state index contributed by atoms with van der Waals surface area (Å²) >= 11 is 0. The van der Waals surface area contributed by atoms with Gasteiger partial charge in [0.25, 0.3) is 0 Å². The minimum absolute atomic E-state index is 0.135. The number of aliphatic hydroxyl groups excluding tert-OH is 1. The minimum atomic E-state index is -1.28. The van der Waals surface area contributed by atoms with Crippen LogP contribution in [0.4, 0.5) is 0 Å². The highest BCUT2D eigenvalue weighted by Crippen LogP contribution is 1.94. The molecule has 0 saturated carbocycles. The van der Waals surface area contributed by atoms with Gasteiger partial charge in [-0.15, -0.1) is 0 Å². The molecule has 0 radical (unpaired) electrons. The van der Waals surface area contributed by atoms with E-state index in [-0.39, 0.29) is 19.4 Å². The topological polar surface area (TPSA) is 156 Å². The second-order valence-electron chi connectivity index (χ2n) is 3.19. The van der Waals surface area contributed by atoms with Crippen LogP contribution >= 0.6 is 0 Å². The normalized spacial score (nSPS) is 13.9. The lowest BCUT2D eigenvalue weighted by Gasteiger charge is -2.16. The smallest absolute Gasteiger partial charge is 0.326 e. The third-order valence-corrected chi connectivity index (χ3v) is 1.79. The van der Waals surface area contributed by atoms with Crippen molar-refractivity contribution in [2.75, 3.05) is 6.61 Å². The summed E-state index contributed by atoms with van der Waals surface area (Å²) < 4.78 is 0. The SMILES string of the molecule is NC(=O)CC(N)C(=O)NC(CCO)C(=O)O. The van der Waals surface area contributed by atoms with Crippen molar-refractivity contribution >= 4 is 17.8 Å². The van der Waals surface area contributed by atoms with Crippen LogP contribution in [0.1, 0.15) is 12.8 Å². The Balaban J connectivity index is 4.28. The lowest BCUT2D eigenvalue weighted by Crippen LogP contribution is -2.49. The number of carbonyl (C=O) groups excluding carboxylic acids is 2. The van der Waals surface area contributed by atoms with Crippen LogP contribution in [0.2, 0.25) is 0 Å². The number of primary amides is 1. The Morgan fingerprint density at radius 3 is 2.25 bits per heavy atom. The molecule has 0 aromatic heterocycles. The van der Waals surface area contributed by atoms with Crippen LogP contribution < -0.4 is 16.8 Å². The first kappa shape index (κ1) is 14.3. The zero-order valence-corrected chi connectivity index (χ0v) is 8.55. The van der Waals surface area contributed by atoms with E-state index in [1.807, 2.05) is 0 Å². The standard InChI is InChI=1S/C8H15N3O5/c9-4(3-6(10)13)7(14)11-5(1-2-12)8(15)16/h4-5,12H,1-3,9H2,(H2,10,13)(H,11,14)(H,15,16). The number of hydrogen-bond acceptors (Lipinski definition) is 5. The molecule has 2 unspecified atom stereocenters. The van der Waals surface area contributed by atoms with Crippen molar-refractivity contribution in [3.05, 3.63) is 0 Å². The van der Waals surface area contributed by atoms with Crippen molar-refractivity contribution in [3.8, 4) is 0 Å². The van der Waals surface area contributed by atoms with Crippen LogP contribution in [0, 0.1) is 0 Å². The first-order valence-corrected chi connectivity index (χ1v) is 4.56. The molecule has 0 saturated heterocycles. The average molecular weight is 233 g/mol. The van der Waals surface area contributed by atoms with E-state index in [0.717, 1.165) is 0 Å². The largest absolute Gasteiger partial charge is 0.480 e. The maximum atomic E-state index is 11.3. The van der Waals surface area contributed by atoms with Crippen molar-refractivity contribution in [3.63, 3.8) is 0 Å². The van der Waals surface area contributed by atoms with Crippen molar-refractivity contribution in [2.45, 2.75) is 24.9 Å². The number of hydrogen-bond donors (Lipinski definition) is 5. The Kier molecular flexibility index (Phi) is 6.04. The van der Waals surface area contributed by atoms with Gasteiger partial charge in [0.15, 0.2) is 0 Å². The van der Waals surface area contributed by atoms with Gasteiger partial charge in [-0.05, 0) is 0 Å². The molecule has 0 aromatic rings. The zero-order chi connectivity index (χ0) is 12.7. The van der Waals surface area contributed by atoms with Gasteiger partial charge in [0, 0.05) is 13.0 Å². The van der Waals surface area contributed by atoms with Gasteiger partial charge in [-0.1, -0.05) is 0 Å². The molecule has 0 aliphatic carbocycles. The van der Waals surface area contributed by atoms with Gasteiger partial charge in [-0.2, -0.15) is 0 Å². The highest BCUT2D eigenvalue weighted by atomic mass is 16.4. The molecule has 8 nitrogen and oxygen atoms in total. The number of carbonyl (C=O) groups is 3. The van der Waals surface area contributed by atoms with Gasteiger partial charge in [-0.3, -0.25) is 9.59 Å². The quantitative estimate of drug-likeness (QED) is 0.318. The summed E-state index contributed by atoms with van der Waals surface area (Å²) in [5.41, 5.74) is 10.1. The van der Waals surface area contributed by atoms with E-state index >= 15 is 0 Å². The van der Waals surface area contributed by atoms with E-state index < -0.39 is 29.9 Å². The van der Waals surface area contributed by atoms with E-state index in [1.165, 1.54) is 0 Å². The lowest BCUT2D eigenvalue weighted by atomic mass is 10.1. The minimum Gasteiger partial charge on any atom is -0.480 e. The summed E-state index contributed by atoms with van der Waals surface area (Å²) in [4.78, 5) is 32.4. The van der Waals surface area contributed by atoms with Gasteiger partial charge < -0.3 is 27.0 Å². The van der Waals surface area contributed by atoms with Gasteiger partial charge in [-0.25, -0.2) is 4.79 Å². The van der Waals surface area contributed by atoms with Crippen LogP contribution in [-0.4, -0.2) is 46.7 Å². The van der Waals surface area contributed by atoms with Gasteiger partial charge in [0.1, 0.15) is 6.04 Å². The number of aliphatic carboxylic acids is 1. The van der Waals surface area contributed by atoms with Gasteiger partial charge in [0.05, 0.1) is 12.5 Å². The Bertz CT molecular complexity index is 281. The second kappa shape index (κ2) is 6.75. The van der Waals surface area contributed by atoms with E-state index in [2.05, 4.69) is 5.32 Å². The monoisotopic (exact) mass is 233 g/mol. The molecule has 0 bridgehead atoms. The fraction of sp³-hybridized carbons (Fsp3) is 0.625. The Hall–Kier alpha value is -1.67. The first-order valence-electron chi connectivity index (χ1n) is 4.56. The predicted molar refractivity (Wildman–Crippen MR) is 53.1 cm³/mol. The molecule has 0 spiro atoms. The molecule has 2 atom stereocenters. The number of amides is 2. The van der Waals surface area contributed by atoms with Crippen LogP contribution in [0.15, 0.2) is 0 Å². The third kappa shape index (κ3) is 5.27. The molecule has 0 aliphatic heterocycles. The first-order chi connectivity index (χ1) is 7.38. The molecule has 8 heteroatoms. The van der Waals surface area contributed by atoms with Crippen molar-refractivity contribution < 1.29 is 24.6 Å². The molecule has 2 amide bonds. The number of nitrogens with two attached hydrogens (primary N) is 2. The highest BCUT2D eigenvalue weighted by Gasteiger charge is 2.23. The molecule has 0 rings (SSSR count). The molecule has 0 aromatic carbocycles. The van der Waals surface area contributed by atoms with E-state index in [4.69, 9.17) is 21.7 Å². The predicted octanol–water partition coefficient (Wildman–Crippen LogP) is -2.86. The number of aliphatic hydroxyl groups is 1. The molecular weight excluding hydrogens is 218 g/mol. The van der Waals surface area contributed by atoms with Crippen molar-refractivity contribution in [2.24, 2.45) is 11.5 Å². The molecule has 16 heavy (non-hydrogen) atoms. The Morgan fingerprint density at radius 1 is 1.31 bits per heavy atom. The second-order valence-corrected chi connectivity index (χ2v) is 3.19. The fourth-order valence-electron chi connectivity index (χ4n) is 0.975. The summed E-state index contributed by atoms with van der Waals surface area (Å²) in [7, 11) is 0. The zero-order valence-electron chi connectivity index (χ0n) is 8.55. The fourth-order valence-corrected chi connectivity index (χ4v) is 0.975. The number of rotatable bonds is 7. The third-order valence-electron chi connectivity index (χ3n) is 1.79. The average Bonchev–Trinajstić information content (AvgIpc) is 2.15. The molecule has 92 valence electrons. The maximum Gasteiger partial charge on any atom is 0.326 e. The van der Waals surface area contributed by atoms with E-state index in [0.29, 0.717) is 0 Å². The van der Waals surface area contributed by atoms with Crippen LogP contribution in [0.3, 0.4) is 0 Å². The van der Waals surface area contributed by atoms with Crippen LogP contribution in [0.25, 0.3) is 0 Å². The summed E-state index contributed by atoms with van der Waals surface area (Å²) in [5, 5.41) is 19.3. The van der Waals surface area contributed by atoms with Crippen LogP contribution in [-0.2, 0) is 14.4 Å². The Morgan fingerprint density at radius 2 is 1.88 bits per heavy atom. The number of carboxylic acid groups (broad SMARTS) is 1.